The van der Waals surface area contributed by atoms with Crippen LogP contribution in [0.25, 0.3) is 0 Å². The topological polar surface area (TPSA) is 29.5 Å². The molecule has 2 atom stereocenters. The molecule has 4 heteroatoms. The van der Waals surface area contributed by atoms with E-state index in [0.29, 0.717) is 6.42 Å². The molecule has 106 valence electrons. The highest BCUT2D eigenvalue weighted by Gasteiger charge is 2.39. The molecule has 2 aliphatic rings. The Bertz CT molecular complexity index is 399. The molecule has 2 rings (SSSR count). The van der Waals surface area contributed by atoms with Crippen LogP contribution in [0.4, 0.5) is 0 Å². The third kappa shape index (κ3) is 3.30. The van der Waals surface area contributed by atoms with Crippen molar-refractivity contribution >= 4 is 17.5 Å². The number of hydrogen-bond acceptors (Lipinski definition) is 4. The third-order valence-corrected chi connectivity index (χ3v) is 4.84. The van der Waals surface area contributed by atoms with Crippen LogP contribution in [0.1, 0.15) is 20.3 Å². The number of allylic oxidation sites excluding steroid dienone is 1. The van der Waals surface area contributed by atoms with Crippen molar-refractivity contribution in [1.29, 1.82) is 0 Å². The first-order chi connectivity index (χ1) is 9.06. The van der Waals surface area contributed by atoms with Crippen molar-refractivity contribution in [2.75, 3.05) is 32.6 Å². The monoisotopic (exact) mass is 281 g/mol. The number of thioether (sulfide) groups is 1. The zero-order valence-corrected chi connectivity index (χ0v) is 12.8. The van der Waals surface area contributed by atoms with Gasteiger partial charge in [0.25, 0.3) is 0 Å². The van der Waals surface area contributed by atoms with Gasteiger partial charge in [0.2, 0.25) is 0 Å². The summed E-state index contributed by atoms with van der Waals surface area (Å²) in [5, 5.41) is 0. The fourth-order valence-corrected chi connectivity index (χ4v) is 3.50. The van der Waals surface area contributed by atoms with Gasteiger partial charge in [0.05, 0.1) is 13.2 Å². The van der Waals surface area contributed by atoms with Crippen LogP contribution in [0, 0.1) is 5.92 Å². The minimum absolute atomic E-state index is 0.0669. The van der Waals surface area contributed by atoms with Gasteiger partial charge in [-0.2, -0.15) is 0 Å². The van der Waals surface area contributed by atoms with Gasteiger partial charge in [-0.3, -0.25) is 4.90 Å². The second-order valence-electron chi connectivity index (χ2n) is 5.45. The van der Waals surface area contributed by atoms with E-state index < -0.39 is 0 Å². The molecule has 1 heterocycles. The Balaban J connectivity index is 2.25. The molecule has 19 heavy (non-hydrogen) atoms. The van der Waals surface area contributed by atoms with Crippen LogP contribution in [0.15, 0.2) is 23.1 Å². The molecule has 0 aromatic carbocycles. The summed E-state index contributed by atoms with van der Waals surface area (Å²) in [6.07, 6.45) is 9.41. The van der Waals surface area contributed by atoms with Gasteiger partial charge in [-0.25, -0.2) is 0 Å². The van der Waals surface area contributed by atoms with Crippen molar-refractivity contribution in [1.82, 2.24) is 4.90 Å². The number of morpholine rings is 1. The second kappa shape index (κ2) is 6.25. The van der Waals surface area contributed by atoms with E-state index >= 15 is 0 Å². The van der Waals surface area contributed by atoms with E-state index in [1.165, 1.54) is 4.91 Å². The summed E-state index contributed by atoms with van der Waals surface area (Å²) in [5.41, 5.74) is -0.0669. The molecule has 1 fully saturated rings. The minimum atomic E-state index is -0.0669. The maximum atomic E-state index is 11.5. The first kappa shape index (κ1) is 14.8. The van der Waals surface area contributed by atoms with E-state index in [0.717, 1.165) is 26.3 Å². The molecule has 1 aliphatic heterocycles. The highest BCUT2D eigenvalue weighted by Crippen LogP contribution is 2.37. The maximum Gasteiger partial charge on any atom is 0.130 e. The number of hydrogen-bond donors (Lipinski definition) is 0. The normalized spacial score (nSPS) is 32.2. The van der Waals surface area contributed by atoms with Crippen molar-refractivity contribution in [2.45, 2.75) is 25.8 Å². The molecular weight excluding hydrogens is 258 g/mol. The van der Waals surface area contributed by atoms with Crippen molar-refractivity contribution in [3.8, 4) is 0 Å². The largest absolute Gasteiger partial charge is 0.379 e. The number of carbonyl (C=O) groups excluding carboxylic acids is 1. The number of Topliss-reactive ketones (excluding diaryl/α,β-unsaturated/α-hetero) is 1. The Morgan fingerprint density at radius 3 is 2.79 bits per heavy atom. The van der Waals surface area contributed by atoms with Crippen molar-refractivity contribution in [3.05, 3.63) is 23.1 Å². The quantitative estimate of drug-likeness (QED) is 0.792. The summed E-state index contributed by atoms with van der Waals surface area (Å²) >= 11 is 1.76. The maximum absolute atomic E-state index is 11.5. The molecule has 0 aromatic heterocycles. The first-order valence-electron chi connectivity index (χ1n) is 6.83. The van der Waals surface area contributed by atoms with Gasteiger partial charge in [-0.15, -0.1) is 11.8 Å². The van der Waals surface area contributed by atoms with E-state index in [4.69, 9.17) is 4.74 Å². The molecule has 0 bridgehead atoms. The van der Waals surface area contributed by atoms with Gasteiger partial charge in [-0.1, -0.05) is 18.2 Å². The van der Waals surface area contributed by atoms with E-state index in [1.807, 2.05) is 0 Å². The lowest BCUT2D eigenvalue weighted by Gasteiger charge is -2.47. The smallest absolute Gasteiger partial charge is 0.130 e. The average Bonchev–Trinajstić information content (AvgIpc) is 2.42. The lowest BCUT2D eigenvalue weighted by Crippen LogP contribution is -2.55. The Morgan fingerprint density at radius 2 is 2.21 bits per heavy atom. The highest BCUT2D eigenvalue weighted by molar-refractivity contribution is 8.02. The molecular formula is C15H23NO2S. The Kier molecular flexibility index (Phi) is 4.87. The average molecular weight is 281 g/mol. The summed E-state index contributed by atoms with van der Waals surface area (Å²) in [6, 6.07) is 0. The van der Waals surface area contributed by atoms with Crippen LogP contribution in [0.5, 0.6) is 0 Å². The molecule has 0 N–H and O–H groups in total. The molecule has 1 aliphatic carbocycles. The predicted molar refractivity (Wildman–Crippen MR) is 80.3 cm³/mol. The van der Waals surface area contributed by atoms with Gasteiger partial charge in [0.15, 0.2) is 0 Å². The second-order valence-corrected chi connectivity index (χ2v) is 6.33. The summed E-state index contributed by atoms with van der Waals surface area (Å²) in [7, 11) is 0. The van der Waals surface area contributed by atoms with Crippen LogP contribution in [-0.4, -0.2) is 48.8 Å². The lowest BCUT2D eigenvalue weighted by atomic mass is 9.77. The molecule has 1 saturated heterocycles. The van der Waals surface area contributed by atoms with Crippen molar-refractivity contribution < 1.29 is 9.53 Å². The van der Waals surface area contributed by atoms with Gasteiger partial charge < -0.3 is 9.53 Å². The first-order valence-corrected chi connectivity index (χ1v) is 8.06. The number of carbonyl (C=O) groups is 1. The van der Waals surface area contributed by atoms with Crippen LogP contribution in [-0.2, 0) is 9.53 Å². The summed E-state index contributed by atoms with van der Waals surface area (Å²) in [6.45, 7) is 7.39. The molecule has 0 radical (unpaired) electrons. The lowest BCUT2D eigenvalue weighted by molar-refractivity contribution is -0.118. The number of ether oxygens (including phenoxy) is 1. The number of rotatable bonds is 4. The highest BCUT2D eigenvalue weighted by atomic mass is 32.2. The Hall–Kier alpha value is -0.580. The summed E-state index contributed by atoms with van der Waals surface area (Å²) < 4.78 is 5.45. The van der Waals surface area contributed by atoms with Crippen molar-refractivity contribution in [2.24, 2.45) is 5.92 Å². The SMILES string of the molecule is CSC1=CC(C)(N2CCOCC2)C(CC(C)=O)C=C1. The molecule has 0 amide bonds. The minimum Gasteiger partial charge on any atom is -0.379 e. The zero-order valence-electron chi connectivity index (χ0n) is 12.0. The van der Waals surface area contributed by atoms with Crippen LogP contribution in [0.3, 0.4) is 0 Å². The van der Waals surface area contributed by atoms with E-state index in [2.05, 4.69) is 36.3 Å². The molecule has 2 unspecified atom stereocenters. The molecule has 0 saturated carbocycles. The van der Waals surface area contributed by atoms with Gasteiger partial charge in [-0.05, 0) is 20.1 Å². The van der Waals surface area contributed by atoms with Gasteiger partial charge in [0.1, 0.15) is 5.78 Å². The van der Waals surface area contributed by atoms with Crippen LogP contribution in [0.2, 0.25) is 0 Å². The van der Waals surface area contributed by atoms with Crippen LogP contribution < -0.4 is 0 Å². The zero-order chi connectivity index (χ0) is 13.9. The molecule has 3 nitrogen and oxygen atoms in total. The standard InChI is InChI=1S/C15H23NO2S/c1-12(17)10-13-4-5-14(19-3)11-15(13,2)16-6-8-18-9-7-16/h4-5,11,13H,6-10H2,1-3H3. The van der Waals surface area contributed by atoms with Gasteiger partial charge >= 0.3 is 0 Å². The Labute approximate surface area is 120 Å². The molecule has 0 aromatic rings. The molecule has 0 spiro atoms. The fourth-order valence-electron chi connectivity index (χ4n) is 2.93. The summed E-state index contributed by atoms with van der Waals surface area (Å²) in [5.74, 6) is 0.522. The van der Waals surface area contributed by atoms with Gasteiger partial charge in [0, 0.05) is 35.9 Å². The third-order valence-electron chi connectivity index (χ3n) is 4.11. The number of ketones is 1. The van der Waals surface area contributed by atoms with E-state index in [-0.39, 0.29) is 17.2 Å². The predicted octanol–water partition coefficient (Wildman–Crippen LogP) is 2.49. The van der Waals surface area contributed by atoms with Crippen LogP contribution >= 0.6 is 11.8 Å². The van der Waals surface area contributed by atoms with E-state index in [1.54, 1.807) is 18.7 Å². The Morgan fingerprint density at radius 1 is 1.53 bits per heavy atom. The number of nitrogens with zero attached hydrogens (tertiary/aromatic N) is 1. The van der Waals surface area contributed by atoms with E-state index in [9.17, 15) is 4.79 Å². The summed E-state index contributed by atoms with van der Waals surface area (Å²) in [4.78, 5) is 15.3. The fraction of sp³-hybridized carbons (Fsp3) is 0.667. The van der Waals surface area contributed by atoms with Crippen molar-refractivity contribution in [3.63, 3.8) is 0 Å².